The van der Waals surface area contributed by atoms with Crippen LogP contribution in [0.25, 0.3) is 0 Å². The van der Waals surface area contributed by atoms with Gasteiger partial charge in [-0.1, -0.05) is 0 Å². The molecule has 1 atom stereocenters. The van der Waals surface area contributed by atoms with Gasteiger partial charge in [0.15, 0.2) is 5.41 Å². The minimum atomic E-state index is -3.15. The number of carboxylic acids is 1. The van der Waals surface area contributed by atoms with E-state index in [4.69, 9.17) is 5.11 Å². The van der Waals surface area contributed by atoms with Gasteiger partial charge in [-0.25, -0.2) is 8.78 Å². The van der Waals surface area contributed by atoms with Crippen molar-refractivity contribution in [2.45, 2.75) is 24.7 Å². The average Bonchev–Trinajstić information content (AvgIpc) is 2.71. The van der Waals surface area contributed by atoms with Crippen molar-refractivity contribution >= 4 is 5.97 Å². The summed E-state index contributed by atoms with van der Waals surface area (Å²) in [5.74, 6) is -4.62. The molecule has 0 radical (unpaired) electrons. The van der Waals surface area contributed by atoms with Crippen molar-refractivity contribution in [2.24, 2.45) is 0 Å². The van der Waals surface area contributed by atoms with E-state index in [2.05, 4.69) is 4.98 Å². The third-order valence-corrected chi connectivity index (χ3v) is 2.74. The van der Waals surface area contributed by atoms with Crippen molar-refractivity contribution in [3.05, 3.63) is 29.6 Å². The van der Waals surface area contributed by atoms with Crippen LogP contribution < -0.4 is 0 Å². The minimum absolute atomic E-state index is 0.132. The number of aliphatic carboxylic acids is 1. The van der Waals surface area contributed by atoms with Crippen molar-refractivity contribution in [1.82, 2.24) is 4.98 Å². The third-order valence-electron chi connectivity index (χ3n) is 2.74. The average molecular weight is 213 g/mol. The molecule has 3 nitrogen and oxygen atoms in total. The maximum atomic E-state index is 13.1. The van der Waals surface area contributed by atoms with Gasteiger partial charge in [0.25, 0.3) is 5.92 Å². The molecule has 80 valence electrons. The summed E-state index contributed by atoms with van der Waals surface area (Å²) < 4.78 is 26.2. The molecular weight excluding hydrogens is 204 g/mol. The predicted octanol–water partition coefficient (Wildman–Crippen LogP) is 1.75. The second-order valence-corrected chi connectivity index (χ2v) is 3.78. The Hall–Kier alpha value is -1.52. The zero-order valence-electron chi connectivity index (χ0n) is 8.00. The zero-order chi connectivity index (χ0) is 11.3. The molecule has 0 bridgehead atoms. The van der Waals surface area contributed by atoms with Crippen LogP contribution in [0, 0.1) is 6.92 Å². The highest BCUT2D eigenvalue weighted by Gasteiger charge is 2.77. The number of aryl methyl sites for hydroxylation is 1. The van der Waals surface area contributed by atoms with E-state index >= 15 is 0 Å². The molecule has 0 aliphatic heterocycles. The molecule has 0 saturated heterocycles. The standard InChI is InChI=1S/C10H9F2NO2/c1-6-4-7(2-3-13-6)9(8(14)15)5-10(9,11)12/h2-4H,5H2,1H3,(H,14,15). The number of aromatic nitrogens is 1. The number of alkyl halides is 2. The number of rotatable bonds is 2. The maximum Gasteiger partial charge on any atom is 0.320 e. The van der Waals surface area contributed by atoms with Crippen LogP contribution in [0.3, 0.4) is 0 Å². The first-order chi connectivity index (χ1) is 6.90. The Balaban J connectivity index is 2.50. The number of carboxylic acid groups (broad SMARTS) is 1. The third kappa shape index (κ3) is 1.22. The summed E-state index contributed by atoms with van der Waals surface area (Å²) in [6.45, 7) is 1.64. The van der Waals surface area contributed by atoms with Gasteiger partial charge in [0, 0.05) is 18.3 Å². The van der Waals surface area contributed by atoms with Gasteiger partial charge in [-0.15, -0.1) is 0 Å². The van der Waals surface area contributed by atoms with Crippen molar-refractivity contribution in [3.8, 4) is 0 Å². The van der Waals surface area contributed by atoms with Gasteiger partial charge in [0.2, 0.25) is 0 Å². The molecule has 1 aromatic rings. The minimum Gasteiger partial charge on any atom is -0.480 e. The molecule has 5 heteroatoms. The summed E-state index contributed by atoms with van der Waals surface area (Å²) in [4.78, 5) is 14.8. The molecule has 1 aromatic heterocycles. The number of hydrogen-bond acceptors (Lipinski definition) is 2. The summed E-state index contributed by atoms with van der Waals surface area (Å²) in [5.41, 5.74) is -1.36. The topological polar surface area (TPSA) is 50.2 Å². The fourth-order valence-electron chi connectivity index (χ4n) is 1.77. The molecule has 0 aromatic carbocycles. The van der Waals surface area contributed by atoms with Crippen molar-refractivity contribution in [1.29, 1.82) is 0 Å². The van der Waals surface area contributed by atoms with E-state index in [1.807, 2.05) is 0 Å². The highest BCUT2D eigenvalue weighted by atomic mass is 19.3. The Bertz CT molecular complexity index is 433. The Labute approximate surface area is 84.8 Å². The second kappa shape index (κ2) is 2.74. The lowest BCUT2D eigenvalue weighted by atomic mass is 9.96. The van der Waals surface area contributed by atoms with Gasteiger partial charge >= 0.3 is 5.97 Å². The highest BCUT2D eigenvalue weighted by Crippen LogP contribution is 2.61. The first-order valence-corrected chi connectivity index (χ1v) is 4.44. The summed E-state index contributed by atoms with van der Waals surface area (Å²) in [6, 6.07) is 2.73. The van der Waals surface area contributed by atoms with E-state index in [0.29, 0.717) is 5.69 Å². The fourth-order valence-corrected chi connectivity index (χ4v) is 1.77. The molecule has 1 heterocycles. The van der Waals surface area contributed by atoms with E-state index in [9.17, 15) is 13.6 Å². The molecule has 1 fully saturated rings. The van der Waals surface area contributed by atoms with E-state index in [1.54, 1.807) is 6.92 Å². The van der Waals surface area contributed by atoms with Crippen LogP contribution in [-0.2, 0) is 10.2 Å². The molecule has 15 heavy (non-hydrogen) atoms. The van der Waals surface area contributed by atoms with Gasteiger partial charge in [-0.05, 0) is 24.6 Å². The number of hydrogen-bond donors (Lipinski definition) is 1. The van der Waals surface area contributed by atoms with Gasteiger partial charge < -0.3 is 5.11 Å². The van der Waals surface area contributed by atoms with Crippen LogP contribution >= 0.6 is 0 Å². The van der Waals surface area contributed by atoms with Gasteiger partial charge in [0.05, 0.1) is 0 Å². The fraction of sp³-hybridized carbons (Fsp3) is 0.400. The van der Waals surface area contributed by atoms with E-state index in [1.165, 1.54) is 18.3 Å². The molecule has 2 rings (SSSR count). The number of carbonyl (C=O) groups is 1. The van der Waals surface area contributed by atoms with Crippen molar-refractivity contribution < 1.29 is 18.7 Å². The number of halogens is 2. The molecule has 1 aliphatic carbocycles. The van der Waals surface area contributed by atoms with E-state index in [0.717, 1.165) is 0 Å². The predicted molar refractivity (Wildman–Crippen MR) is 47.9 cm³/mol. The summed E-state index contributed by atoms with van der Waals surface area (Å²) in [7, 11) is 0. The number of pyridine rings is 1. The van der Waals surface area contributed by atoms with Crippen LogP contribution in [0.4, 0.5) is 8.78 Å². The molecular formula is C10H9F2NO2. The van der Waals surface area contributed by atoms with Gasteiger partial charge in [0.1, 0.15) is 0 Å². The maximum absolute atomic E-state index is 13.1. The van der Waals surface area contributed by atoms with Crippen LogP contribution in [0.5, 0.6) is 0 Å². The zero-order valence-corrected chi connectivity index (χ0v) is 8.00. The molecule has 1 aliphatic rings. The van der Waals surface area contributed by atoms with Gasteiger partial charge in [-0.3, -0.25) is 9.78 Å². The lowest BCUT2D eigenvalue weighted by Crippen LogP contribution is -2.27. The van der Waals surface area contributed by atoms with E-state index in [-0.39, 0.29) is 5.56 Å². The van der Waals surface area contributed by atoms with E-state index < -0.39 is 23.7 Å². The SMILES string of the molecule is Cc1cc(C2(C(=O)O)CC2(F)F)ccn1. The van der Waals surface area contributed by atoms with Crippen LogP contribution in [0.1, 0.15) is 17.7 Å². The lowest BCUT2D eigenvalue weighted by Gasteiger charge is -2.11. The Morgan fingerprint density at radius 3 is 2.60 bits per heavy atom. The quantitative estimate of drug-likeness (QED) is 0.814. The smallest absolute Gasteiger partial charge is 0.320 e. The molecule has 0 spiro atoms. The highest BCUT2D eigenvalue weighted by molar-refractivity contribution is 5.87. The summed E-state index contributed by atoms with van der Waals surface area (Å²) in [6.07, 6.45) is 0.725. The second-order valence-electron chi connectivity index (χ2n) is 3.78. The Morgan fingerprint density at radius 1 is 1.60 bits per heavy atom. The van der Waals surface area contributed by atoms with Crippen LogP contribution in [-0.4, -0.2) is 22.0 Å². The Morgan fingerprint density at radius 2 is 2.20 bits per heavy atom. The van der Waals surface area contributed by atoms with Crippen molar-refractivity contribution in [3.63, 3.8) is 0 Å². The molecule has 1 unspecified atom stereocenters. The molecule has 0 amide bonds. The van der Waals surface area contributed by atoms with Crippen LogP contribution in [0.15, 0.2) is 18.3 Å². The normalized spacial score (nSPS) is 27.4. The molecule has 1 saturated carbocycles. The first kappa shape index (κ1) is 10.0. The van der Waals surface area contributed by atoms with Crippen LogP contribution in [0.2, 0.25) is 0 Å². The summed E-state index contributed by atoms with van der Waals surface area (Å²) in [5, 5.41) is 8.88. The largest absolute Gasteiger partial charge is 0.480 e. The number of nitrogens with zero attached hydrogens (tertiary/aromatic N) is 1. The first-order valence-electron chi connectivity index (χ1n) is 4.44. The van der Waals surface area contributed by atoms with Crippen molar-refractivity contribution in [2.75, 3.05) is 0 Å². The Kier molecular flexibility index (Phi) is 1.83. The lowest BCUT2D eigenvalue weighted by molar-refractivity contribution is -0.142. The monoisotopic (exact) mass is 213 g/mol. The van der Waals surface area contributed by atoms with Gasteiger partial charge in [-0.2, -0.15) is 0 Å². The summed E-state index contributed by atoms with van der Waals surface area (Å²) >= 11 is 0. The molecule has 1 N–H and O–H groups in total.